The van der Waals surface area contributed by atoms with Crippen molar-refractivity contribution in [2.75, 3.05) is 11.4 Å². The van der Waals surface area contributed by atoms with Crippen LogP contribution in [0.2, 0.25) is 0 Å². The van der Waals surface area contributed by atoms with Crippen LogP contribution in [0.5, 0.6) is 0 Å². The molecule has 1 amide bonds. The van der Waals surface area contributed by atoms with E-state index >= 15 is 0 Å². The van der Waals surface area contributed by atoms with E-state index in [2.05, 4.69) is 42.0 Å². The van der Waals surface area contributed by atoms with E-state index in [-0.39, 0.29) is 5.91 Å². The van der Waals surface area contributed by atoms with Gasteiger partial charge in [0.2, 0.25) is 5.91 Å². The minimum Gasteiger partial charge on any atom is -0.347 e. The zero-order chi connectivity index (χ0) is 13.2. The van der Waals surface area contributed by atoms with Crippen LogP contribution in [-0.2, 0) is 11.3 Å². The van der Waals surface area contributed by atoms with Crippen LogP contribution in [-0.4, -0.2) is 17.0 Å². The van der Waals surface area contributed by atoms with Gasteiger partial charge in [-0.2, -0.15) is 0 Å². The molecule has 0 radical (unpaired) electrons. The fraction of sp³-hybridized carbons (Fsp3) is 0.438. The molecular weight excluding hydrogens is 236 g/mol. The van der Waals surface area contributed by atoms with E-state index in [1.54, 1.807) is 0 Å². The first-order valence-corrected chi connectivity index (χ1v) is 7.19. The molecule has 100 valence electrons. The van der Waals surface area contributed by atoms with Crippen LogP contribution in [0.3, 0.4) is 0 Å². The Labute approximate surface area is 113 Å². The summed E-state index contributed by atoms with van der Waals surface area (Å²) in [5.74, 6) is 0.258. The van der Waals surface area contributed by atoms with Crippen molar-refractivity contribution in [1.29, 1.82) is 0 Å². The molecule has 1 fully saturated rings. The molecule has 0 bridgehead atoms. The number of hydrogen-bond donors (Lipinski definition) is 0. The maximum absolute atomic E-state index is 11.9. The molecule has 2 heterocycles. The van der Waals surface area contributed by atoms with Crippen LogP contribution >= 0.6 is 0 Å². The number of benzene rings is 1. The van der Waals surface area contributed by atoms with E-state index in [4.69, 9.17) is 0 Å². The van der Waals surface area contributed by atoms with Crippen molar-refractivity contribution >= 4 is 22.5 Å². The molecule has 3 rings (SSSR count). The number of unbranched alkanes of at least 4 members (excludes halogenated alkanes) is 1. The first kappa shape index (κ1) is 12.3. The van der Waals surface area contributed by atoms with E-state index in [9.17, 15) is 4.79 Å². The summed E-state index contributed by atoms with van der Waals surface area (Å²) >= 11 is 0. The van der Waals surface area contributed by atoms with Crippen LogP contribution in [0.25, 0.3) is 10.9 Å². The van der Waals surface area contributed by atoms with Gasteiger partial charge in [-0.05, 0) is 31.0 Å². The Hall–Kier alpha value is -1.77. The van der Waals surface area contributed by atoms with E-state index < -0.39 is 0 Å². The lowest BCUT2D eigenvalue weighted by Crippen LogP contribution is -2.23. The molecule has 3 heteroatoms. The molecule has 0 saturated carbocycles. The predicted octanol–water partition coefficient (Wildman–Crippen LogP) is 3.57. The minimum absolute atomic E-state index is 0.258. The Morgan fingerprint density at radius 3 is 2.89 bits per heavy atom. The molecule has 1 saturated heterocycles. The first-order chi connectivity index (χ1) is 9.31. The van der Waals surface area contributed by atoms with Gasteiger partial charge in [-0.1, -0.05) is 19.4 Å². The first-order valence-electron chi connectivity index (χ1n) is 7.19. The highest BCUT2D eigenvalue weighted by atomic mass is 16.2. The number of fused-ring (bicyclic) bond motifs is 1. The molecule has 1 aliphatic heterocycles. The molecule has 1 aliphatic rings. The van der Waals surface area contributed by atoms with Gasteiger partial charge in [0.25, 0.3) is 0 Å². The normalized spacial score (nSPS) is 15.6. The van der Waals surface area contributed by atoms with Gasteiger partial charge in [-0.3, -0.25) is 4.79 Å². The Bertz CT molecular complexity index is 600. The van der Waals surface area contributed by atoms with Gasteiger partial charge in [0.1, 0.15) is 0 Å². The minimum atomic E-state index is 0.258. The number of hydrogen-bond acceptors (Lipinski definition) is 1. The van der Waals surface area contributed by atoms with Crippen LogP contribution in [0.1, 0.15) is 32.6 Å². The molecule has 1 aromatic heterocycles. The lowest BCUT2D eigenvalue weighted by Gasteiger charge is -2.17. The van der Waals surface area contributed by atoms with Gasteiger partial charge in [0, 0.05) is 31.1 Å². The summed E-state index contributed by atoms with van der Waals surface area (Å²) in [5, 5.41) is 1.20. The monoisotopic (exact) mass is 256 g/mol. The van der Waals surface area contributed by atoms with Crippen molar-refractivity contribution in [3.05, 3.63) is 30.5 Å². The lowest BCUT2D eigenvalue weighted by molar-refractivity contribution is -0.117. The van der Waals surface area contributed by atoms with Gasteiger partial charge in [-0.25, -0.2) is 0 Å². The quantitative estimate of drug-likeness (QED) is 0.821. The average Bonchev–Trinajstić information content (AvgIpc) is 3.02. The Kier molecular flexibility index (Phi) is 3.28. The van der Waals surface area contributed by atoms with E-state index in [1.165, 1.54) is 23.7 Å². The molecule has 0 aliphatic carbocycles. The molecule has 3 nitrogen and oxygen atoms in total. The fourth-order valence-corrected chi connectivity index (χ4v) is 2.87. The van der Waals surface area contributed by atoms with Gasteiger partial charge < -0.3 is 9.47 Å². The van der Waals surface area contributed by atoms with Crippen molar-refractivity contribution in [3.63, 3.8) is 0 Å². The Morgan fingerprint density at radius 1 is 1.26 bits per heavy atom. The number of aromatic nitrogens is 1. The average molecular weight is 256 g/mol. The summed E-state index contributed by atoms with van der Waals surface area (Å²) < 4.78 is 2.29. The second-order valence-electron chi connectivity index (χ2n) is 5.22. The number of carbonyl (C=O) groups excluding carboxylic acids is 1. The summed E-state index contributed by atoms with van der Waals surface area (Å²) in [5.41, 5.74) is 2.32. The molecule has 0 N–H and O–H groups in total. The highest BCUT2D eigenvalue weighted by Gasteiger charge is 2.23. The third kappa shape index (κ3) is 2.14. The van der Waals surface area contributed by atoms with Gasteiger partial charge in [-0.15, -0.1) is 0 Å². The van der Waals surface area contributed by atoms with Crippen molar-refractivity contribution in [3.8, 4) is 0 Å². The highest BCUT2D eigenvalue weighted by Crippen LogP contribution is 2.30. The number of carbonyl (C=O) groups is 1. The standard InChI is InChI=1S/C16H20N2O/c1-2-3-10-17-12-9-13-14(17)6-4-7-15(13)18-11-5-8-16(18)19/h4,6-7,9,12H,2-3,5,8,10-11H2,1H3. The zero-order valence-corrected chi connectivity index (χ0v) is 11.4. The van der Waals surface area contributed by atoms with E-state index in [0.717, 1.165) is 25.2 Å². The number of amides is 1. The predicted molar refractivity (Wildman–Crippen MR) is 78.4 cm³/mol. The maximum Gasteiger partial charge on any atom is 0.227 e. The molecule has 0 unspecified atom stereocenters. The Balaban J connectivity index is 2.02. The molecule has 0 atom stereocenters. The summed E-state index contributed by atoms with van der Waals surface area (Å²) in [6, 6.07) is 8.42. The third-order valence-corrected chi connectivity index (χ3v) is 3.91. The topological polar surface area (TPSA) is 25.2 Å². The third-order valence-electron chi connectivity index (χ3n) is 3.91. The molecule has 19 heavy (non-hydrogen) atoms. The summed E-state index contributed by atoms with van der Waals surface area (Å²) in [4.78, 5) is 13.9. The van der Waals surface area contributed by atoms with Crippen LogP contribution in [0, 0.1) is 0 Å². The van der Waals surface area contributed by atoms with Crippen molar-refractivity contribution in [2.24, 2.45) is 0 Å². The number of nitrogens with zero attached hydrogens (tertiary/aromatic N) is 2. The largest absolute Gasteiger partial charge is 0.347 e. The molecule has 0 spiro atoms. The van der Waals surface area contributed by atoms with Gasteiger partial charge >= 0.3 is 0 Å². The van der Waals surface area contributed by atoms with Crippen molar-refractivity contribution in [1.82, 2.24) is 4.57 Å². The van der Waals surface area contributed by atoms with E-state index in [1.807, 2.05) is 4.90 Å². The molecule has 2 aromatic rings. The summed E-state index contributed by atoms with van der Waals surface area (Å²) in [7, 11) is 0. The number of rotatable bonds is 4. The highest BCUT2D eigenvalue weighted by molar-refractivity contribution is 6.04. The van der Waals surface area contributed by atoms with Crippen LogP contribution < -0.4 is 4.90 Å². The van der Waals surface area contributed by atoms with Gasteiger partial charge in [0.05, 0.1) is 11.2 Å². The summed E-state index contributed by atoms with van der Waals surface area (Å²) in [6.07, 6.45) is 6.20. The Morgan fingerprint density at radius 2 is 2.16 bits per heavy atom. The number of aryl methyl sites for hydroxylation is 1. The second-order valence-corrected chi connectivity index (χ2v) is 5.22. The van der Waals surface area contributed by atoms with E-state index in [0.29, 0.717) is 6.42 Å². The van der Waals surface area contributed by atoms with Gasteiger partial charge in [0.15, 0.2) is 0 Å². The van der Waals surface area contributed by atoms with Crippen LogP contribution in [0.4, 0.5) is 5.69 Å². The number of anilines is 1. The van der Waals surface area contributed by atoms with Crippen molar-refractivity contribution < 1.29 is 4.79 Å². The molecule has 1 aromatic carbocycles. The molecular formula is C16H20N2O. The SMILES string of the molecule is CCCCn1ccc2c(N3CCCC3=O)cccc21. The lowest BCUT2D eigenvalue weighted by atomic mass is 10.2. The second kappa shape index (κ2) is 5.08. The zero-order valence-electron chi connectivity index (χ0n) is 11.4. The van der Waals surface area contributed by atoms with Crippen molar-refractivity contribution in [2.45, 2.75) is 39.2 Å². The smallest absolute Gasteiger partial charge is 0.227 e. The maximum atomic E-state index is 11.9. The van der Waals surface area contributed by atoms with Crippen LogP contribution in [0.15, 0.2) is 30.5 Å². The fourth-order valence-electron chi connectivity index (χ4n) is 2.87. The summed E-state index contributed by atoms with van der Waals surface area (Å²) in [6.45, 7) is 4.12.